The number of anilines is 1. The number of thiazole rings is 1. The normalized spacial score (nSPS) is 17.0. The van der Waals surface area contributed by atoms with Crippen molar-refractivity contribution >= 4 is 23.1 Å². The summed E-state index contributed by atoms with van der Waals surface area (Å²) in [6, 6.07) is 2.03. The van der Waals surface area contributed by atoms with Gasteiger partial charge in [0, 0.05) is 39.5 Å². The molecule has 3 heterocycles. The van der Waals surface area contributed by atoms with Crippen molar-refractivity contribution in [1.82, 2.24) is 20.1 Å². The monoisotopic (exact) mass is 329 g/mol. The molecular weight excluding hydrogens is 310 g/mol. The van der Waals surface area contributed by atoms with E-state index in [0.29, 0.717) is 19.0 Å². The van der Waals surface area contributed by atoms with Gasteiger partial charge in [0.2, 0.25) is 0 Å². The van der Waals surface area contributed by atoms with Crippen LogP contribution in [-0.2, 0) is 13.0 Å². The second-order valence-electron chi connectivity index (χ2n) is 6.38. The zero-order valence-electron chi connectivity index (χ0n) is 13.3. The fraction of sp³-hybridized carbons (Fsp3) is 0.500. The maximum absolute atomic E-state index is 12.7. The van der Waals surface area contributed by atoms with Gasteiger partial charge in [-0.1, -0.05) is 0 Å². The summed E-state index contributed by atoms with van der Waals surface area (Å²) in [6.07, 6.45) is 4.93. The average Bonchev–Trinajstić information content (AvgIpc) is 3.30. The quantitative estimate of drug-likeness (QED) is 0.863. The SMILES string of the molecule is CN(C)c1cc2c(nn1)CCN(C(=O)c1cnc(C3CC3)s1)C2. The number of rotatable bonds is 3. The lowest BCUT2D eigenvalue weighted by molar-refractivity contribution is 0.0738. The van der Waals surface area contributed by atoms with Crippen molar-refractivity contribution in [3.63, 3.8) is 0 Å². The Labute approximate surface area is 139 Å². The molecule has 0 N–H and O–H groups in total. The minimum absolute atomic E-state index is 0.0864. The number of amides is 1. The van der Waals surface area contributed by atoms with Crippen molar-refractivity contribution < 1.29 is 4.79 Å². The molecule has 23 heavy (non-hydrogen) atoms. The molecule has 1 fully saturated rings. The lowest BCUT2D eigenvalue weighted by atomic mass is 10.1. The Hall–Kier alpha value is -2.02. The third kappa shape index (κ3) is 2.81. The van der Waals surface area contributed by atoms with Gasteiger partial charge in [-0.15, -0.1) is 16.4 Å². The summed E-state index contributed by atoms with van der Waals surface area (Å²) in [5.74, 6) is 1.51. The van der Waals surface area contributed by atoms with E-state index in [2.05, 4.69) is 15.2 Å². The first-order chi connectivity index (χ1) is 11.1. The van der Waals surface area contributed by atoms with Crippen LogP contribution in [-0.4, -0.2) is 46.6 Å². The van der Waals surface area contributed by atoms with Crippen LogP contribution in [0.2, 0.25) is 0 Å². The van der Waals surface area contributed by atoms with Crippen LogP contribution in [0, 0.1) is 0 Å². The van der Waals surface area contributed by atoms with Crippen molar-refractivity contribution in [3.8, 4) is 0 Å². The van der Waals surface area contributed by atoms with Crippen LogP contribution in [0.15, 0.2) is 12.3 Å². The number of carbonyl (C=O) groups is 1. The fourth-order valence-electron chi connectivity index (χ4n) is 2.77. The van der Waals surface area contributed by atoms with E-state index in [4.69, 9.17) is 0 Å². The fourth-order valence-corrected chi connectivity index (χ4v) is 3.82. The van der Waals surface area contributed by atoms with Gasteiger partial charge in [0.25, 0.3) is 5.91 Å². The summed E-state index contributed by atoms with van der Waals surface area (Å²) >= 11 is 1.56. The zero-order chi connectivity index (χ0) is 16.0. The molecule has 120 valence electrons. The highest BCUT2D eigenvalue weighted by atomic mass is 32.1. The third-order valence-corrected chi connectivity index (χ3v) is 5.48. The highest BCUT2D eigenvalue weighted by Crippen LogP contribution is 2.42. The summed E-state index contributed by atoms with van der Waals surface area (Å²) in [4.78, 5) is 21.7. The molecule has 0 saturated heterocycles. The zero-order valence-corrected chi connectivity index (χ0v) is 14.1. The molecule has 4 rings (SSSR count). The Bertz CT molecular complexity index is 753. The Kier molecular flexibility index (Phi) is 3.52. The Morgan fingerprint density at radius 1 is 1.35 bits per heavy atom. The second kappa shape index (κ2) is 5.56. The van der Waals surface area contributed by atoms with E-state index < -0.39 is 0 Å². The van der Waals surface area contributed by atoms with E-state index in [1.54, 1.807) is 17.5 Å². The molecule has 1 amide bonds. The number of aromatic nitrogens is 3. The molecule has 0 aromatic carbocycles. The molecule has 0 radical (unpaired) electrons. The molecule has 1 aliphatic carbocycles. The smallest absolute Gasteiger partial charge is 0.265 e. The molecule has 7 heteroatoms. The lowest BCUT2D eigenvalue weighted by Gasteiger charge is -2.28. The standard InChI is InChI=1S/C16H19N5OS/c1-20(2)14-7-11-9-21(6-5-12(11)18-19-14)16(22)13-8-17-15(23-13)10-3-4-10/h7-8,10H,3-6,9H2,1-2H3. The molecule has 0 spiro atoms. The van der Waals surface area contributed by atoms with Gasteiger partial charge >= 0.3 is 0 Å². The van der Waals surface area contributed by atoms with Gasteiger partial charge < -0.3 is 9.80 Å². The molecule has 1 aliphatic heterocycles. The van der Waals surface area contributed by atoms with Crippen molar-refractivity contribution in [3.05, 3.63) is 33.4 Å². The predicted molar refractivity (Wildman–Crippen MR) is 88.9 cm³/mol. The summed E-state index contributed by atoms with van der Waals surface area (Å²) < 4.78 is 0. The van der Waals surface area contributed by atoms with E-state index in [9.17, 15) is 4.79 Å². The van der Waals surface area contributed by atoms with Gasteiger partial charge in [-0.2, -0.15) is 5.10 Å². The second-order valence-corrected chi connectivity index (χ2v) is 7.44. The largest absolute Gasteiger partial charge is 0.361 e. The van der Waals surface area contributed by atoms with Crippen LogP contribution in [0.5, 0.6) is 0 Å². The maximum atomic E-state index is 12.7. The van der Waals surface area contributed by atoms with Crippen molar-refractivity contribution in [1.29, 1.82) is 0 Å². The number of carbonyl (C=O) groups excluding carboxylic acids is 1. The van der Waals surface area contributed by atoms with Gasteiger partial charge in [0.15, 0.2) is 5.82 Å². The number of nitrogens with zero attached hydrogens (tertiary/aromatic N) is 5. The highest BCUT2D eigenvalue weighted by molar-refractivity contribution is 7.13. The van der Waals surface area contributed by atoms with E-state index in [-0.39, 0.29) is 5.91 Å². The first-order valence-electron chi connectivity index (χ1n) is 7.89. The van der Waals surface area contributed by atoms with E-state index in [1.165, 1.54) is 12.8 Å². The van der Waals surface area contributed by atoms with Gasteiger partial charge in [-0.25, -0.2) is 4.98 Å². The van der Waals surface area contributed by atoms with E-state index >= 15 is 0 Å². The molecule has 0 unspecified atom stereocenters. The highest BCUT2D eigenvalue weighted by Gasteiger charge is 2.29. The minimum Gasteiger partial charge on any atom is -0.361 e. The molecule has 6 nitrogen and oxygen atoms in total. The maximum Gasteiger partial charge on any atom is 0.265 e. The summed E-state index contributed by atoms with van der Waals surface area (Å²) in [5, 5.41) is 9.63. The van der Waals surface area contributed by atoms with Crippen LogP contribution in [0.1, 0.15) is 44.7 Å². The first kappa shape index (κ1) is 14.6. The Morgan fingerprint density at radius 3 is 2.91 bits per heavy atom. The number of fused-ring (bicyclic) bond motifs is 1. The van der Waals surface area contributed by atoms with Gasteiger partial charge in [0.05, 0.1) is 16.9 Å². The van der Waals surface area contributed by atoms with Crippen molar-refractivity contribution in [2.45, 2.75) is 31.7 Å². The van der Waals surface area contributed by atoms with Crippen LogP contribution < -0.4 is 4.90 Å². The van der Waals surface area contributed by atoms with Gasteiger partial charge in [-0.3, -0.25) is 4.79 Å². The van der Waals surface area contributed by atoms with Crippen LogP contribution in [0.4, 0.5) is 5.82 Å². The summed E-state index contributed by atoms with van der Waals surface area (Å²) in [7, 11) is 3.89. The average molecular weight is 329 g/mol. The topological polar surface area (TPSA) is 62.2 Å². The summed E-state index contributed by atoms with van der Waals surface area (Å²) in [6.45, 7) is 1.29. The lowest BCUT2D eigenvalue weighted by Crippen LogP contribution is -2.36. The van der Waals surface area contributed by atoms with Gasteiger partial charge in [0.1, 0.15) is 4.88 Å². The van der Waals surface area contributed by atoms with Gasteiger partial charge in [-0.05, 0) is 24.5 Å². The van der Waals surface area contributed by atoms with Crippen LogP contribution in [0.25, 0.3) is 0 Å². The Morgan fingerprint density at radius 2 is 2.17 bits per heavy atom. The molecular formula is C16H19N5OS. The summed E-state index contributed by atoms with van der Waals surface area (Å²) in [5.41, 5.74) is 2.10. The molecule has 0 bridgehead atoms. The van der Waals surface area contributed by atoms with E-state index in [1.807, 2.05) is 30.0 Å². The number of hydrogen-bond donors (Lipinski definition) is 0. The Balaban J connectivity index is 1.54. The number of hydrogen-bond acceptors (Lipinski definition) is 6. The molecule has 2 aliphatic rings. The molecule has 1 saturated carbocycles. The van der Waals surface area contributed by atoms with Crippen LogP contribution >= 0.6 is 11.3 Å². The van der Waals surface area contributed by atoms with Crippen molar-refractivity contribution in [2.75, 3.05) is 25.5 Å². The minimum atomic E-state index is 0.0864. The first-order valence-corrected chi connectivity index (χ1v) is 8.71. The van der Waals surface area contributed by atoms with E-state index in [0.717, 1.165) is 33.4 Å². The molecule has 2 aromatic heterocycles. The van der Waals surface area contributed by atoms with Crippen LogP contribution in [0.3, 0.4) is 0 Å². The molecule has 2 aromatic rings. The predicted octanol–water partition coefficient (Wildman–Crippen LogP) is 2.08. The molecule has 0 atom stereocenters. The third-order valence-electron chi connectivity index (χ3n) is 4.33. The van der Waals surface area contributed by atoms with Crippen molar-refractivity contribution in [2.24, 2.45) is 0 Å².